The lowest BCUT2D eigenvalue weighted by Gasteiger charge is -2.25. The number of imide groups is 1. The van der Waals surface area contributed by atoms with Crippen LogP contribution in [0.15, 0.2) is 42.5 Å². The number of hydrogen-bond donors (Lipinski definition) is 0. The largest absolute Gasteiger partial charge is 0.305 e. The number of benzene rings is 2. The maximum Gasteiger partial charge on any atom is 0.251 e. The fourth-order valence-electron chi connectivity index (χ4n) is 4.46. The number of carbonyl (C=O) groups excluding carboxylic acids is 2. The Morgan fingerprint density at radius 3 is 2.61 bits per heavy atom. The summed E-state index contributed by atoms with van der Waals surface area (Å²) in [6.07, 6.45) is 1.28. The van der Waals surface area contributed by atoms with E-state index in [1.165, 1.54) is 10.5 Å². The molecule has 2 aromatic carbocycles. The average Bonchev–Trinajstić information content (AvgIpc) is 3.22. The van der Waals surface area contributed by atoms with Crippen molar-refractivity contribution >= 4 is 39.1 Å². The third kappa shape index (κ3) is 3.89. The normalized spacial score (nSPS) is 21.2. The van der Waals surface area contributed by atoms with Gasteiger partial charge in [0.05, 0.1) is 28.4 Å². The molecule has 2 saturated heterocycles. The minimum Gasteiger partial charge on any atom is -0.305 e. The molecule has 7 heteroatoms. The molecule has 6 nitrogen and oxygen atoms in total. The molecule has 3 aromatic rings. The smallest absolute Gasteiger partial charge is 0.251 e. The predicted octanol–water partition coefficient (Wildman–Crippen LogP) is 3.54. The van der Waals surface area contributed by atoms with Gasteiger partial charge in [-0.25, -0.2) is 9.88 Å². The zero-order valence-corrected chi connectivity index (χ0v) is 18.7. The average molecular weight is 435 g/mol. The Bertz CT molecular complexity index is 1140. The molecule has 160 valence electrons. The topological polar surface area (TPSA) is 56.8 Å². The summed E-state index contributed by atoms with van der Waals surface area (Å²) in [4.78, 5) is 36.5. The number of aromatic nitrogens is 1. The Balaban J connectivity index is 1.36. The summed E-state index contributed by atoms with van der Waals surface area (Å²) in [5.41, 5.74) is 3.85. The van der Waals surface area contributed by atoms with Gasteiger partial charge in [0.15, 0.2) is 0 Å². The van der Waals surface area contributed by atoms with E-state index >= 15 is 0 Å². The molecule has 2 fully saturated rings. The van der Waals surface area contributed by atoms with Gasteiger partial charge >= 0.3 is 0 Å². The lowest BCUT2D eigenvalue weighted by atomic mass is 10.2. The van der Waals surface area contributed by atoms with Gasteiger partial charge in [0, 0.05) is 25.2 Å². The maximum absolute atomic E-state index is 13.2. The highest BCUT2D eigenvalue weighted by Crippen LogP contribution is 2.33. The van der Waals surface area contributed by atoms with Crippen molar-refractivity contribution in [3.8, 4) is 10.6 Å². The molecule has 0 radical (unpaired) electrons. The van der Waals surface area contributed by atoms with Crippen LogP contribution in [0.2, 0.25) is 0 Å². The highest BCUT2D eigenvalue weighted by Gasteiger charge is 2.42. The molecule has 0 spiro atoms. The van der Waals surface area contributed by atoms with Gasteiger partial charge in [-0.2, -0.15) is 0 Å². The maximum atomic E-state index is 13.2. The molecule has 0 N–H and O–H groups in total. The van der Waals surface area contributed by atoms with Crippen LogP contribution < -0.4 is 4.90 Å². The molecular formula is C24H26N4O2S. The molecule has 5 rings (SSSR count). The van der Waals surface area contributed by atoms with E-state index in [-0.39, 0.29) is 24.3 Å². The summed E-state index contributed by atoms with van der Waals surface area (Å²) in [6, 6.07) is 13.5. The molecule has 2 amide bonds. The standard InChI is InChI=1S/C24H26N4O2S/c1-16-4-9-19-21(14-16)31-23(25-19)17-5-7-18(8-6-17)28-22(29)15-20(24(28)30)27-11-3-10-26(2)12-13-27/h4-9,14,20H,3,10-13,15H2,1-2H3. The van der Waals surface area contributed by atoms with Crippen molar-refractivity contribution in [2.24, 2.45) is 0 Å². The van der Waals surface area contributed by atoms with Gasteiger partial charge in [-0.05, 0) is 68.9 Å². The number of fused-ring (bicyclic) bond motifs is 1. The van der Waals surface area contributed by atoms with Gasteiger partial charge in [-0.15, -0.1) is 11.3 Å². The molecule has 31 heavy (non-hydrogen) atoms. The number of carbonyl (C=O) groups is 2. The van der Waals surface area contributed by atoms with Crippen LogP contribution in [0.1, 0.15) is 18.4 Å². The quantitative estimate of drug-likeness (QED) is 0.590. The summed E-state index contributed by atoms with van der Waals surface area (Å²) >= 11 is 1.66. The van der Waals surface area contributed by atoms with E-state index in [0.29, 0.717) is 5.69 Å². The summed E-state index contributed by atoms with van der Waals surface area (Å²) in [7, 11) is 2.10. The van der Waals surface area contributed by atoms with Crippen LogP contribution in [0.4, 0.5) is 5.69 Å². The van der Waals surface area contributed by atoms with Crippen molar-refractivity contribution < 1.29 is 9.59 Å². The van der Waals surface area contributed by atoms with Crippen LogP contribution in [-0.4, -0.2) is 65.9 Å². The molecule has 1 atom stereocenters. The number of aryl methyl sites for hydroxylation is 1. The van der Waals surface area contributed by atoms with Crippen LogP contribution in [0.25, 0.3) is 20.8 Å². The number of anilines is 1. The summed E-state index contributed by atoms with van der Waals surface area (Å²) in [6.45, 7) is 5.72. The van der Waals surface area contributed by atoms with Crippen molar-refractivity contribution in [2.45, 2.75) is 25.8 Å². The first-order valence-corrected chi connectivity index (χ1v) is 11.6. The van der Waals surface area contributed by atoms with Crippen molar-refractivity contribution in [3.05, 3.63) is 48.0 Å². The number of amides is 2. The fourth-order valence-corrected chi connectivity index (χ4v) is 5.53. The minimum absolute atomic E-state index is 0.0993. The van der Waals surface area contributed by atoms with E-state index < -0.39 is 0 Å². The van der Waals surface area contributed by atoms with E-state index in [2.05, 4.69) is 35.9 Å². The van der Waals surface area contributed by atoms with Crippen molar-refractivity contribution in [1.29, 1.82) is 0 Å². The molecule has 2 aliphatic heterocycles. The Labute approximate surface area is 186 Å². The second-order valence-corrected chi connectivity index (χ2v) is 9.55. The first-order valence-electron chi connectivity index (χ1n) is 10.8. The van der Waals surface area contributed by atoms with Crippen LogP contribution in [0.3, 0.4) is 0 Å². The Hall–Kier alpha value is -2.61. The van der Waals surface area contributed by atoms with Crippen LogP contribution >= 0.6 is 11.3 Å². The van der Waals surface area contributed by atoms with E-state index in [1.807, 2.05) is 30.3 Å². The summed E-state index contributed by atoms with van der Waals surface area (Å²) in [5.74, 6) is -0.214. The predicted molar refractivity (Wildman–Crippen MR) is 124 cm³/mol. The molecule has 1 unspecified atom stereocenters. The Morgan fingerprint density at radius 1 is 1.00 bits per heavy atom. The molecule has 2 aliphatic rings. The molecule has 0 saturated carbocycles. The Morgan fingerprint density at radius 2 is 1.81 bits per heavy atom. The molecule has 0 bridgehead atoms. The van der Waals surface area contributed by atoms with Crippen molar-refractivity contribution in [3.63, 3.8) is 0 Å². The van der Waals surface area contributed by atoms with Crippen LogP contribution in [-0.2, 0) is 9.59 Å². The zero-order valence-electron chi connectivity index (χ0n) is 17.9. The lowest BCUT2D eigenvalue weighted by Crippen LogP contribution is -2.43. The van der Waals surface area contributed by atoms with E-state index in [0.717, 1.165) is 53.4 Å². The monoisotopic (exact) mass is 434 g/mol. The first kappa shape index (κ1) is 20.3. The van der Waals surface area contributed by atoms with Gasteiger partial charge in [0.1, 0.15) is 5.01 Å². The fraction of sp³-hybridized carbons (Fsp3) is 0.375. The summed E-state index contributed by atoms with van der Waals surface area (Å²) in [5, 5.41) is 0.942. The van der Waals surface area contributed by atoms with Gasteiger partial charge < -0.3 is 4.90 Å². The Kier molecular flexibility index (Phi) is 5.33. The summed E-state index contributed by atoms with van der Waals surface area (Å²) < 4.78 is 1.16. The number of rotatable bonds is 3. The second kappa shape index (κ2) is 8.15. The van der Waals surface area contributed by atoms with E-state index in [1.54, 1.807) is 11.3 Å². The SMILES string of the molecule is Cc1ccc2nc(-c3ccc(N4C(=O)CC(N5CCCN(C)CC5)C4=O)cc3)sc2c1. The van der Waals surface area contributed by atoms with E-state index in [9.17, 15) is 9.59 Å². The second-order valence-electron chi connectivity index (χ2n) is 8.52. The van der Waals surface area contributed by atoms with Crippen molar-refractivity contribution in [2.75, 3.05) is 38.1 Å². The van der Waals surface area contributed by atoms with Crippen molar-refractivity contribution in [1.82, 2.24) is 14.8 Å². The number of thiazole rings is 1. The van der Waals surface area contributed by atoms with Gasteiger partial charge in [-0.3, -0.25) is 14.5 Å². The molecule has 0 aliphatic carbocycles. The van der Waals surface area contributed by atoms with Gasteiger partial charge in [-0.1, -0.05) is 6.07 Å². The first-order chi connectivity index (χ1) is 15.0. The highest BCUT2D eigenvalue weighted by molar-refractivity contribution is 7.21. The molecular weight excluding hydrogens is 408 g/mol. The zero-order chi connectivity index (χ0) is 21.5. The highest BCUT2D eigenvalue weighted by atomic mass is 32.1. The number of hydrogen-bond acceptors (Lipinski definition) is 6. The van der Waals surface area contributed by atoms with E-state index in [4.69, 9.17) is 4.98 Å². The van der Waals surface area contributed by atoms with Crippen LogP contribution in [0, 0.1) is 6.92 Å². The third-order valence-corrected chi connectivity index (χ3v) is 7.30. The van der Waals surface area contributed by atoms with Gasteiger partial charge in [0.25, 0.3) is 5.91 Å². The molecule has 3 heterocycles. The third-order valence-electron chi connectivity index (χ3n) is 6.23. The van der Waals surface area contributed by atoms with Gasteiger partial charge in [0.2, 0.25) is 5.91 Å². The number of likely N-dealkylation sites (N-methyl/N-ethyl adjacent to an activating group) is 1. The van der Waals surface area contributed by atoms with Crippen LogP contribution in [0.5, 0.6) is 0 Å². The molecule has 1 aromatic heterocycles. The lowest BCUT2D eigenvalue weighted by molar-refractivity contribution is -0.122. The minimum atomic E-state index is -0.342. The number of nitrogens with zero attached hydrogens (tertiary/aromatic N) is 4.